The summed E-state index contributed by atoms with van der Waals surface area (Å²) in [5.41, 5.74) is 0.105. The van der Waals surface area contributed by atoms with E-state index in [1.807, 2.05) is 12.1 Å². The zero-order valence-electron chi connectivity index (χ0n) is 18.1. The molecule has 1 fully saturated rings. The third kappa shape index (κ3) is 3.24. The number of ether oxygens (including phenoxy) is 1. The van der Waals surface area contributed by atoms with Gasteiger partial charge in [0.2, 0.25) is 0 Å². The molecule has 2 aliphatic rings. The topological polar surface area (TPSA) is 50.8 Å². The van der Waals surface area contributed by atoms with Crippen LogP contribution in [0.3, 0.4) is 0 Å². The van der Waals surface area contributed by atoms with E-state index in [0.29, 0.717) is 24.9 Å². The minimum Gasteiger partial charge on any atom is -0.369 e. The number of alkyl halides is 3. The summed E-state index contributed by atoms with van der Waals surface area (Å²) in [6.45, 7) is 0. The molecule has 172 valence electrons. The van der Waals surface area contributed by atoms with Crippen LogP contribution in [0.5, 0.6) is 0 Å². The molecule has 0 spiro atoms. The number of aromatic nitrogens is 2. The average Bonchev–Trinajstić information content (AvgIpc) is 3.14. The maximum atomic E-state index is 13.9. The molecule has 2 aliphatic carbocycles. The molecule has 0 amide bonds. The standard InChI is InChI=1S/C25H23F4N3O/c1-33-24(25(27,28)29)10-9-23(15-30)18(13-24)4-2-3-16-12-22-17(11-21(16)23)14-31-32(22)20-7-5-19(26)6-8-20/h5-8,11-12,14,18H,2-4,9-10,13H2,1H3/t18-,23+,24-/m1/s1. The van der Waals surface area contributed by atoms with E-state index in [9.17, 15) is 22.8 Å². The lowest BCUT2D eigenvalue weighted by Gasteiger charge is -2.48. The van der Waals surface area contributed by atoms with E-state index in [-0.39, 0.29) is 25.1 Å². The molecule has 33 heavy (non-hydrogen) atoms. The largest absolute Gasteiger partial charge is 0.417 e. The minimum absolute atomic E-state index is 0.0894. The summed E-state index contributed by atoms with van der Waals surface area (Å²) in [5.74, 6) is -0.793. The summed E-state index contributed by atoms with van der Waals surface area (Å²) in [5, 5.41) is 15.6. The second-order valence-corrected chi connectivity index (χ2v) is 9.17. The quantitative estimate of drug-likeness (QED) is 0.443. The summed E-state index contributed by atoms with van der Waals surface area (Å²) >= 11 is 0. The Bertz CT molecular complexity index is 1240. The fourth-order valence-electron chi connectivity index (χ4n) is 5.81. The number of hydrogen-bond acceptors (Lipinski definition) is 3. The van der Waals surface area contributed by atoms with Gasteiger partial charge in [0.15, 0.2) is 5.60 Å². The highest BCUT2D eigenvalue weighted by Crippen LogP contribution is 2.56. The maximum Gasteiger partial charge on any atom is 0.417 e. The van der Waals surface area contributed by atoms with Crippen molar-refractivity contribution in [3.05, 3.63) is 59.5 Å². The number of methoxy groups -OCH3 is 1. The number of aryl methyl sites for hydroxylation is 1. The van der Waals surface area contributed by atoms with E-state index in [2.05, 4.69) is 11.2 Å². The van der Waals surface area contributed by atoms with Crippen molar-refractivity contribution >= 4 is 10.9 Å². The second-order valence-electron chi connectivity index (χ2n) is 9.17. The molecule has 1 heterocycles. The number of nitrogens with zero attached hydrogens (tertiary/aromatic N) is 3. The van der Waals surface area contributed by atoms with Gasteiger partial charge in [0.05, 0.1) is 28.9 Å². The first kappa shape index (κ1) is 21.9. The van der Waals surface area contributed by atoms with E-state index >= 15 is 0 Å². The SMILES string of the molecule is CO[C@]1(C(F)(F)F)CC[C@@]2(C#N)c3cc4cnn(-c5ccc(F)cc5)c4cc3CCC[C@@H]2C1. The molecule has 0 N–H and O–H groups in total. The molecule has 2 aromatic carbocycles. The van der Waals surface area contributed by atoms with E-state index in [1.54, 1.807) is 23.0 Å². The smallest absolute Gasteiger partial charge is 0.369 e. The molecular weight excluding hydrogens is 434 g/mol. The fraction of sp³-hybridized carbons (Fsp3) is 0.440. The van der Waals surface area contributed by atoms with Crippen LogP contribution in [0.2, 0.25) is 0 Å². The Balaban J connectivity index is 1.62. The van der Waals surface area contributed by atoms with Gasteiger partial charge in [-0.2, -0.15) is 23.5 Å². The first-order chi connectivity index (χ1) is 15.7. The van der Waals surface area contributed by atoms with Crippen LogP contribution in [0.15, 0.2) is 42.6 Å². The van der Waals surface area contributed by atoms with Gasteiger partial charge in [0, 0.05) is 12.5 Å². The van der Waals surface area contributed by atoms with Gasteiger partial charge < -0.3 is 4.74 Å². The van der Waals surface area contributed by atoms with E-state index in [4.69, 9.17) is 4.74 Å². The van der Waals surface area contributed by atoms with Gasteiger partial charge >= 0.3 is 6.18 Å². The van der Waals surface area contributed by atoms with Crippen molar-refractivity contribution < 1.29 is 22.3 Å². The van der Waals surface area contributed by atoms with Crippen LogP contribution in [0, 0.1) is 23.1 Å². The van der Waals surface area contributed by atoms with E-state index in [1.165, 1.54) is 12.1 Å². The molecule has 3 aromatic rings. The summed E-state index contributed by atoms with van der Waals surface area (Å²) in [4.78, 5) is 0. The summed E-state index contributed by atoms with van der Waals surface area (Å²) in [7, 11) is 1.12. The van der Waals surface area contributed by atoms with Crippen molar-refractivity contribution in [3.8, 4) is 11.8 Å². The number of fused-ring (bicyclic) bond motifs is 4. The van der Waals surface area contributed by atoms with Crippen molar-refractivity contribution in [1.29, 1.82) is 5.26 Å². The Morgan fingerprint density at radius 2 is 1.94 bits per heavy atom. The molecule has 5 rings (SSSR count). The van der Waals surface area contributed by atoms with Gasteiger partial charge in [-0.3, -0.25) is 0 Å². The highest BCUT2D eigenvalue weighted by atomic mass is 19.4. The Morgan fingerprint density at radius 1 is 1.18 bits per heavy atom. The Hall–Kier alpha value is -2.92. The van der Waals surface area contributed by atoms with Crippen molar-refractivity contribution in [2.45, 2.75) is 55.7 Å². The van der Waals surface area contributed by atoms with Crippen LogP contribution in [0.25, 0.3) is 16.6 Å². The fourth-order valence-corrected chi connectivity index (χ4v) is 5.81. The maximum absolute atomic E-state index is 13.9. The average molecular weight is 457 g/mol. The van der Waals surface area contributed by atoms with Crippen LogP contribution in [-0.4, -0.2) is 28.7 Å². The lowest BCUT2D eigenvalue weighted by molar-refractivity contribution is -0.287. The van der Waals surface area contributed by atoms with Crippen molar-refractivity contribution in [2.75, 3.05) is 7.11 Å². The van der Waals surface area contributed by atoms with Crippen molar-refractivity contribution in [1.82, 2.24) is 9.78 Å². The third-order valence-corrected chi connectivity index (χ3v) is 7.65. The van der Waals surface area contributed by atoms with Gasteiger partial charge in [-0.1, -0.05) is 0 Å². The summed E-state index contributed by atoms with van der Waals surface area (Å²) in [6, 6.07) is 12.4. The van der Waals surface area contributed by atoms with Gasteiger partial charge in [-0.25, -0.2) is 9.07 Å². The van der Waals surface area contributed by atoms with E-state index in [0.717, 1.165) is 29.1 Å². The molecule has 4 nitrogen and oxygen atoms in total. The number of benzene rings is 2. The Labute approximate surface area is 188 Å². The lowest BCUT2D eigenvalue weighted by atomic mass is 9.58. The number of nitriles is 1. The molecule has 0 radical (unpaired) electrons. The minimum atomic E-state index is -4.49. The third-order valence-electron chi connectivity index (χ3n) is 7.65. The summed E-state index contributed by atoms with van der Waals surface area (Å²) < 4.78 is 62.0. The molecule has 0 unspecified atom stereocenters. The predicted octanol–water partition coefficient (Wildman–Crippen LogP) is 6.01. The molecule has 3 atom stereocenters. The molecular formula is C25H23F4N3O. The van der Waals surface area contributed by atoms with Crippen molar-refractivity contribution in [3.63, 3.8) is 0 Å². The monoisotopic (exact) mass is 457 g/mol. The Kier molecular flexibility index (Phi) is 5.02. The van der Waals surface area contributed by atoms with E-state index < -0.39 is 23.1 Å². The number of hydrogen-bond donors (Lipinski definition) is 0. The van der Waals surface area contributed by atoms with Crippen LogP contribution in [0.1, 0.15) is 43.2 Å². The normalized spacial score (nSPS) is 27.5. The van der Waals surface area contributed by atoms with Gasteiger partial charge in [0.25, 0.3) is 0 Å². The second kappa shape index (κ2) is 7.56. The Morgan fingerprint density at radius 3 is 2.61 bits per heavy atom. The number of halogens is 4. The van der Waals surface area contributed by atoms with Gasteiger partial charge in [0.1, 0.15) is 5.82 Å². The van der Waals surface area contributed by atoms with Crippen LogP contribution in [-0.2, 0) is 16.6 Å². The highest BCUT2D eigenvalue weighted by molar-refractivity contribution is 5.83. The van der Waals surface area contributed by atoms with Crippen molar-refractivity contribution in [2.24, 2.45) is 5.92 Å². The zero-order chi connectivity index (χ0) is 23.4. The predicted molar refractivity (Wildman–Crippen MR) is 114 cm³/mol. The molecule has 0 saturated heterocycles. The molecule has 0 bridgehead atoms. The molecule has 1 aromatic heterocycles. The first-order valence-corrected chi connectivity index (χ1v) is 11.0. The first-order valence-electron chi connectivity index (χ1n) is 11.0. The van der Waals surface area contributed by atoms with Crippen LogP contribution >= 0.6 is 0 Å². The van der Waals surface area contributed by atoms with Gasteiger partial charge in [-0.15, -0.1) is 0 Å². The van der Waals surface area contributed by atoms with Gasteiger partial charge in [-0.05, 0) is 92.0 Å². The zero-order valence-corrected chi connectivity index (χ0v) is 18.1. The molecule has 8 heteroatoms. The van der Waals surface area contributed by atoms with Crippen LogP contribution < -0.4 is 0 Å². The highest BCUT2D eigenvalue weighted by Gasteiger charge is 2.62. The summed E-state index contributed by atoms with van der Waals surface area (Å²) in [6.07, 6.45) is -1.28. The lowest BCUT2D eigenvalue weighted by Crippen LogP contribution is -2.55. The molecule has 0 aliphatic heterocycles. The van der Waals surface area contributed by atoms with Crippen LogP contribution in [0.4, 0.5) is 17.6 Å². The molecule has 1 saturated carbocycles. The number of rotatable bonds is 2.